The molecule has 0 radical (unpaired) electrons. The molecule has 29 heavy (non-hydrogen) atoms. The van der Waals surface area contributed by atoms with Crippen LogP contribution in [0, 0.1) is 6.92 Å². The first-order chi connectivity index (χ1) is 14.2. The molecule has 3 aromatic rings. The minimum atomic E-state index is -0.362. The van der Waals surface area contributed by atoms with E-state index in [4.69, 9.17) is 9.47 Å². The number of hydrogen-bond donors (Lipinski definition) is 2. The third kappa shape index (κ3) is 3.80. The second kappa shape index (κ2) is 7.65. The van der Waals surface area contributed by atoms with Crippen molar-refractivity contribution in [2.45, 2.75) is 32.0 Å². The van der Waals surface area contributed by atoms with E-state index in [0.29, 0.717) is 13.2 Å². The zero-order chi connectivity index (χ0) is 19.7. The van der Waals surface area contributed by atoms with Crippen LogP contribution < -0.4 is 10.2 Å². The molecule has 0 atom stereocenters. The van der Waals surface area contributed by atoms with Crippen LogP contribution in [0.4, 0.5) is 11.6 Å². The molecule has 4 heterocycles. The van der Waals surface area contributed by atoms with Gasteiger partial charge in [0, 0.05) is 55.6 Å². The summed E-state index contributed by atoms with van der Waals surface area (Å²) in [4.78, 5) is 14.9. The molecule has 2 fully saturated rings. The van der Waals surface area contributed by atoms with Crippen molar-refractivity contribution >= 4 is 22.5 Å². The van der Waals surface area contributed by atoms with E-state index < -0.39 is 0 Å². The van der Waals surface area contributed by atoms with E-state index in [1.807, 2.05) is 6.92 Å². The van der Waals surface area contributed by atoms with E-state index in [1.165, 1.54) is 16.5 Å². The lowest BCUT2D eigenvalue weighted by molar-refractivity contribution is -0.169. The van der Waals surface area contributed by atoms with Gasteiger partial charge < -0.3 is 24.7 Å². The summed E-state index contributed by atoms with van der Waals surface area (Å²) in [5.41, 5.74) is 2.50. The number of nitrogens with zero attached hydrogens (tertiary/aromatic N) is 3. The number of rotatable bonds is 5. The van der Waals surface area contributed by atoms with E-state index in [1.54, 1.807) is 0 Å². The molecule has 2 aromatic heterocycles. The summed E-state index contributed by atoms with van der Waals surface area (Å²) in [6.07, 6.45) is 4.78. The summed E-state index contributed by atoms with van der Waals surface area (Å²) in [7, 11) is 0. The Morgan fingerprint density at radius 1 is 1.14 bits per heavy atom. The second-order valence-electron chi connectivity index (χ2n) is 7.79. The first-order valence-corrected chi connectivity index (χ1v) is 10.4. The number of benzene rings is 1. The quantitative estimate of drug-likeness (QED) is 0.693. The van der Waals surface area contributed by atoms with Crippen molar-refractivity contribution in [3.8, 4) is 0 Å². The zero-order valence-electron chi connectivity index (χ0n) is 16.8. The standard InChI is InChI=1S/C22H27N5O2/c1-16-25-20(23-9-6-17-15-24-19-5-3-2-4-18(17)19)14-21(26-16)27-10-7-22(8-11-27)28-12-13-29-22/h2-5,14-15,24H,6-13H2,1H3,(H,23,25,26). The van der Waals surface area contributed by atoms with Crippen LogP contribution in [-0.4, -0.2) is 53.6 Å². The number of H-pyrrole nitrogens is 1. The molecule has 2 aliphatic heterocycles. The zero-order valence-corrected chi connectivity index (χ0v) is 16.8. The largest absolute Gasteiger partial charge is 0.370 e. The van der Waals surface area contributed by atoms with E-state index in [2.05, 4.69) is 61.7 Å². The maximum atomic E-state index is 5.84. The summed E-state index contributed by atoms with van der Waals surface area (Å²) in [5.74, 6) is 2.27. The van der Waals surface area contributed by atoms with Crippen LogP contribution in [-0.2, 0) is 15.9 Å². The number of aryl methyl sites for hydroxylation is 1. The van der Waals surface area contributed by atoms with Crippen molar-refractivity contribution in [1.82, 2.24) is 15.0 Å². The highest BCUT2D eigenvalue weighted by molar-refractivity contribution is 5.83. The summed E-state index contributed by atoms with van der Waals surface area (Å²) in [5, 5.41) is 4.76. The Hall–Kier alpha value is -2.64. The lowest BCUT2D eigenvalue weighted by Crippen LogP contribution is -2.45. The molecule has 0 unspecified atom stereocenters. The van der Waals surface area contributed by atoms with Gasteiger partial charge in [0.15, 0.2) is 5.79 Å². The Balaban J connectivity index is 1.23. The lowest BCUT2D eigenvalue weighted by atomic mass is 10.0. The average molecular weight is 393 g/mol. The highest BCUT2D eigenvalue weighted by Crippen LogP contribution is 2.33. The molecule has 7 nitrogen and oxygen atoms in total. The van der Waals surface area contributed by atoms with Crippen LogP contribution in [0.25, 0.3) is 10.9 Å². The van der Waals surface area contributed by atoms with Gasteiger partial charge in [-0.2, -0.15) is 0 Å². The molecule has 0 amide bonds. The Kier molecular flexibility index (Phi) is 4.85. The molecule has 2 aliphatic rings. The molecule has 0 bridgehead atoms. The molecule has 1 aromatic carbocycles. The van der Waals surface area contributed by atoms with Gasteiger partial charge in [0.2, 0.25) is 0 Å². The van der Waals surface area contributed by atoms with Crippen LogP contribution in [0.2, 0.25) is 0 Å². The van der Waals surface area contributed by atoms with Crippen molar-refractivity contribution in [2.24, 2.45) is 0 Å². The first kappa shape index (κ1) is 18.4. The topological polar surface area (TPSA) is 75.3 Å². The highest BCUT2D eigenvalue weighted by atomic mass is 16.7. The fourth-order valence-corrected chi connectivity index (χ4v) is 4.33. The van der Waals surface area contributed by atoms with Crippen LogP contribution in [0.15, 0.2) is 36.5 Å². The van der Waals surface area contributed by atoms with Crippen molar-refractivity contribution in [1.29, 1.82) is 0 Å². The Bertz CT molecular complexity index is 986. The van der Waals surface area contributed by atoms with Gasteiger partial charge in [0.05, 0.1) is 13.2 Å². The van der Waals surface area contributed by atoms with Gasteiger partial charge in [-0.3, -0.25) is 0 Å². The highest BCUT2D eigenvalue weighted by Gasteiger charge is 2.40. The fraction of sp³-hybridized carbons (Fsp3) is 0.455. The predicted molar refractivity (Wildman–Crippen MR) is 113 cm³/mol. The molecule has 152 valence electrons. The first-order valence-electron chi connectivity index (χ1n) is 10.4. The van der Waals surface area contributed by atoms with Gasteiger partial charge in [-0.15, -0.1) is 0 Å². The number of para-hydroxylation sites is 1. The number of piperidine rings is 1. The number of aromatic nitrogens is 3. The summed E-state index contributed by atoms with van der Waals surface area (Å²) in [6, 6.07) is 10.5. The van der Waals surface area contributed by atoms with Crippen LogP contribution in [0.1, 0.15) is 24.2 Å². The van der Waals surface area contributed by atoms with Crippen LogP contribution >= 0.6 is 0 Å². The smallest absolute Gasteiger partial charge is 0.171 e. The van der Waals surface area contributed by atoms with Gasteiger partial charge >= 0.3 is 0 Å². The molecule has 2 N–H and O–H groups in total. The molecule has 5 rings (SSSR count). The van der Waals surface area contributed by atoms with Crippen molar-refractivity contribution in [3.05, 3.63) is 47.9 Å². The summed E-state index contributed by atoms with van der Waals surface area (Å²) < 4.78 is 11.7. The van der Waals surface area contributed by atoms with Crippen molar-refractivity contribution in [3.63, 3.8) is 0 Å². The Morgan fingerprint density at radius 2 is 1.93 bits per heavy atom. The van der Waals surface area contributed by atoms with Gasteiger partial charge in [0.25, 0.3) is 0 Å². The monoisotopic (exact) mass is 393 g/mol. The lowest BCUT2D eigenvalue weighted by Gasteiger charge is -2.38. The molecule has 0 aliphatic carbocycles. The maximum Gasteiger partial charge on any atom is 0.171 e. The minimum Gasteiger partial charge on any atom is -0.370 e. The minimum absolute atomic E-state index is 0.362. The molecule has 0 saturated carbocycles. The molecule has 2 saturated heterocycles. The van der Waals surface area contributed by atoms with E-state index in [9.17, 15) is 0 Å². The number of nitrogens with one attached hydrogen (secondary N) is 2. The average Bonchev–Trinajstić information content (AvgIpc) is 3.36. The SMILES string of the molecule is Cc1nc(NCCc2c[nH]c3ccccc23)cc(N2CCC3(CC2)OCCO3)n1. The number of anilines is 2. The van der Waals surface area contributed by atoms with Gasteiger partial charge in [-0.05, 0) is 25.0 Å². The number of ether oxygens (including phenoxy) is 2. The molecule has 7 heteroatoms. The molecular formula is C22H27N5O2. The predicted octanol–water partition coefficient (Wildman–Crippen LogP) is 3.26. The molecule has 1 spiro atoms. The second-order valence-corrected chi connectivity index (χ2v) is 7.79. The van der Waals surface area contributed by atoms with Crippen molar-refractivity contribution in [2.75, 3.05) is 43.1 Å². The third-order valence-corrected chi connectivity index (χ3v) is 5.86. The van der Waals surface area contributed by atoms with E-state index >= 15 is 0 Å². The van der Waals surface area contributed by atoms with Gasteiger partial charge in [-0.25, -0.2) is 9.97 Å². The maximum absolute atomic E-state index is 5.84. The fourth-order valence-electron chi connectivity index (χ4n) is 4.33. The van der Waals surface area contributed by atoms with Crippen LogP contribution in [0.5, 0.6) is 0 Å². The number of fused-ring (bicyclic) bond motifs is 1. The van der Waals surface area contributed by atoms with Crippen LogP contribution in [0.3, 0.4) is 0 Å². The third-order valence-electron chi connectivity index (χ3n) is 5.86. The van der Waals surface area contributed by atoms with Crippen molar-refractivity contribution < 1.29 is 9.47 Å². The van der Waals surface area contributed by atoms with E-state index in [0.717, 1.165) is 56.4 Å². The Labute approximate surface area is 170 Å². The Morgan fingerprint density at radius 3 is 2.76 bits per heavy atom. The van der Waals surface area contributed by atoms with Gasteiger partial charge in [0.1, 0.15) is 17.5 Å². The van der Waals surface area contributed by atoms with Gasteiger partial charge in [-0.1, -0.05) is 18.2 Å². The number of hydrogen-bond acceptors (Lipinski definition) is 6. The molecular weight excluding hydrogens is 366 g/mol. The normalized spacial score (nSPS) is 18.6. The summed E-state index contributed by atoms with van der Waals surface area (Å²) >= 11 is 0. The summed E-state index contributed by atoms with van der Waals surface area (Å²) in [6.45, 7) is 5.94. The van der Waals surface area contributed by atoms with E-state index in [-0.39, 0.29) is 5.79 Å². The number of aromatic amines is 1.